The first-order valence-electron chi connectivity index (χ1n) is 9.25. The Morgan fingerprint density at radius 1 is 0.931 bits per heavy atom. The molecule has 29 heavy (non-hydrogen) atoms. The van der Waals surface area contributed by atoms with Gasteiger partial charge in [0.15, 0.2) is 0 Å². The molecule has 0 spiro atoms. The molecule has 3 aromatic rings. The summed E-state index contributed by atoms with van der Waals surface area (Å²) in [6.07, 6.45) is 1.47. The van der Waals surface area contributed by atoms with E-state index in [2.05, 4.69) is 9.93 Å². The van der Waals surface area contributed by atoms with Gasteiger partial charge in [-0.05, 0) is 67.3 Å². The second kappa shape index (κ2) is 8.92. The van der Waals surface area contributed by atoms with Crippen LogP contribution in [0.5, 0.6) is 5.75 Å². The van der Waals surface area contributed by atoms with E-state index in [9.17, 15) is 8.42 Å². The Balaban J connectivity index is 1.63. The topological polar surface area (TPSA) is 67.8 Å². The lowest BCUT2D eigenvalue weighted by molar-refractivity contribution is 0.306. The number of hydrogen-bond acceptors (Lipinski definition) is 4. The van der Waals surface area contributed by atoms with Gasteiger partial charge in [0.2, 0.25) is 0 Å². The second-order valence-corrected chi connectivity index (χ2v) is 8.52. The molecular weight excluding hydrogens is 384 g/mol. The van der Waals surface area contributed by atoms with E-state index in [4.69, 9.17) is 4.74 Å². The molecule has 0 bridgehead atoms. The lowest BCUT2D eigenvalue weighted by atomic mass is 10.1. The number of nitrogens with zero attached hydrogens (tertiary/aromatic N) is 1. The van der Waals surface area contributed by atoms with Crippen LogP contribution < -0.4 is 9.57 Å². The molecule has 0 unspecified atom stereocenters. The fraction of sp³-hybridized carbons (Fsp3) is 0.174. The van der Waals surface area contributed by atoms with Crippen molar-refractivity contribution in [3.05, 3.63) is 94.5 Å². The van der Waals surface area contributed by atoms with Crippen LogP contribution >= 0.6 is 0 Å². The molecule has 3 rings (SSSR count). The maximum absolute atomic E-state index is 12.6. The molecule has 0 atom stereocenters. The molecular formula is C23H24N2O3S. The molecule has 3 aromatic carbocycles. The van der Waals surface area contributed by atoms with E-state index in [1.54, 1.807) is 13.8 Å². The first kappa shape index (κ1) is 20.6. The molecule has 0 aliphatic rings. The number of aryl methyl sites for hydroxylation is 3. The monoisotopic (exact) mass is 408 g/mol. The molecule has 0 amide bonds. The molecule has 5 nitrogen and oxygen atoms in total. The van der Waals surface area contributed by atoms with Crippen LogP contribution in [0.1, 0.15) is 27.8 Å². The van der Waals surface area contributed by atoms with Gasteiger partial charge in [0.1, 0.15) is 12.4 Å². The maximum atomic E-state index is 12.6. The molecule has 0 aliphatic carbocycles. The van der Waals surface area contributed by atoms with Crippen molar-refractivity contribution in [1.29, 1.82) is 0 Å². The van der Waals surface area contributed by atoms with Crippen LogP contribution in [0.25, 0.3) is 0 Å². The summed E-state index contributed by atoms with van der Waals surface area (Å²) in [7, 11) is -3.73. The van der Waals surface area contributed by atoms with E-state index in [0.29, 0.717) is 17.7 Å². The summed E-state index contributed by atoms with van der Waals surface area (Å²) in [5.41, 5.74) is 4.28. The highest BCUT2D eigenvalue weighted by Crippen LogP contribution is 2.21. The second-order valence-electron chi connectivity index (χ2n) is 6.92. The summed E-state index contributed by atoms with van der Waals surface area (Å²) < 4.78 is 31.0. The van der Waals surface area contributed by atoms with Crippen LogP contribution in [0.2, 0.25) is 0 Å². The van der Waals surface area contributed by atoms with E-state index in [1.807, 2.05) is 73.7 Å². The van der Waals surface area contributed by atoms with Crippen molar-refractivity contribution < 1.29 is 13.2 Å². The van der Waals surface area contributed by atoms with Gasteiger partial charge in [0.25, 0.3) is 10.0 Å². The first-order chi connectivity index (χ1) is 13.8. The van der Waals surface area contributed by atoms with Crippen LogP contribution in [0.15, 0.2) is 76.7 Å². The van der Waals surface area contributed by atoms with Gasteiger partial charge in [-0.1, -0.05) is 48.0 Å². The smallest absolute Gasteiger partial charge is 0.277 e. The number of hydrazone groups is 1. The van der Waals surface area contributed by atoms with Crippen LogP contribution in [0.4, 0.5) is 0 Å². The fourth-order valence-electron chi connectivity index (χ4n) is 3.20. The Morgan fingerprint density at radius 3 is 2.17 bits per heavy atom. The van der Waals surface area contributed by atoms with E-state index in [-0.39, 0.29) is 4.90 Å². The van der Waals surface area contributed by atoms with Gasteiger partial charge in [0, 0.05) is 0 Å². The first-order valence-corrected chi connectivity index (χ1v) is 10.7. The number of hydrogen-bond donors (Lipinski definition) is 1. The zero-order chi connectivity index (χ0) is 20.9. The number of ether oxygens (including phenoxy) is 1. The van der Waals surface area contributed by atoms with Gasteiger partial charge >= 0.3 is 0 Å². The van der Waals surface area contributed by atoms with E-state index in [0.717, 1.165) is 22.4 Å². The average Bonchev–Trinajstić information content (AvgIpc) is 2.67. The Labute approximate surface area is 172 Å². The standard InChI is InChI=1S/C23H24N2O3S/c1-17-13-18(2)23(19(3)14-17)29(26,27)25-24-15-20-9-11-22(12-10-20)28-16-21-7-5-4-6-8-21/h4-15,25H,16H2,1-3H3/b24-15+. The van der Waals surface area contributed by atoms with Gasteiger partial charge in [-0.25, -0.2) is 4.83 Å². The third-order valence-corrected chi connectivity index (χ3v) is 5.92. The molecule has 6 heteroatoms. The van der Waals surface area contributed by atoms with E-state index < -0.39 is 10.0 Å². The minimum Gasteiger partial charge on any atom is -0.489 e. The molecule has 0 saturated carbocycles. The quantitative estimate of drug-likeness (QED) is 0.462. The van der Waals surface area contributed by atoms with Gasteiger partial charge in [-0.3, -0.25) is 0 Å². The Kier molecular flexibility index (Phi) is 6.34. The van der Waals surface area contributed by atoms with Gasteiger partial charge in [-0.2, -0.15) is 13.5 Å². The highest BCUT2D eigenvalue weighted by Gasteiger charge is 2.19. The average molecular weight is 409 g/mol. The molecule has 150 valence electrons. The summed E-state index contributed by atoms with van der Waals surface area (Å²) in [6, 6.07) is 20.9. The predicted octanol–water partition coefficient (Wildman–Crippen LogP) is 4.50. The zero-order valence-corrected chi connectivity index (χ0v) is 17.5. The third-order valence-electron chi connectivity index (χ3n) is 4.39. The number of benzene rings is 3. The Hall–Kier alpha value is -3.12. The van der Waals surface area contributed by atoms with Crippen LogP contribution in [-0.2, 0) is 16.6 Å². The van der Waals surface area contributed by atoms with Crippen molar-refractivity contribution >= 4 is 16.2 Å². The normalized spacial score (nSPS) is 11.6. The summed E-state index contributed by atoms with van der Waals surface area (Å²) in [5, 5.41) is 3.91. The number of rotatable bonds is 7. The summed E-state index contributed by atoms with van der Waals surface area (Å²) >= 11 is 0. The maximum Gasteiger partial charge on any atom is 0.277 e. The van der Waals surface area contributed by atoms with Crippen molar-refractivity contribution in [2.45, 2.75) is 32.3 Å². The highest BCUT2D eigenvalue weighted by atomic mass is 32.2. The molecule has 0 aromatic heterocycles. The minimum absolute atomic E-state index is 0.268. The number of nitrogens with one attached hydrogen (secondary N) is 1. The summed E-state index contributed by atoms with van der Waals surface area (Å²) in [6.45, 7) is 6.00. The molecule has 0 aliphatic heterocycles. The van der Waals surface area contributed by atoms with Crippen molar-refractivity contribution in [3.8, 4) is 5.75 Å². The molecule has 0 heterocycles. The van der Waals surface area contributed by atoms with Crippen molar-refractivity contribution in [2.75, 3.05) is 0 Å². The molecule has 0 fully saturated rings. The SMILES string of the molecule is Cc1cc(C)c(S(=O)(=O)N/N=C/c2ccc(OCc3ccccc3)cc2)c(C)c1. The Morgan fingerprint density at radius 2 is 1.55 bits per heavy atom. The summed E-state index contributed by atoms with van der Waals surface area (Å²) in [4.78, 5) is 2.57. The van der Waals surface area contributed by atoms with Crippen molar-refractivity contribution in [1.82, 2.24) is 4.83 Å². The van der Waals surface area contributed by atoms with Crippen LogP contribution in [0.3, 0.4) is 0 Å². The number of sulfonamides is 1. The zero-order valence-electron chi connectivity index (χ0n) is 16.7. The minimum atomic E-state index is -3.73. The van der Waals surface area contributed by atoms with E-state index in [1.165, 1.54) is 6.21 Å². The molecule has 0 saturated heterocycles. The van der Waals surface area contributed by atoms with E-state index >= 15 is 0 Å². The van der Waals surface area contributed by atoms with Crippen molar-refractivity contribution in [3.63, 3.8) is 0 Å². The third kappa shape index (κ3) is 5.45. The molecule has 0 radical (unpaired) electrons. The van der Waals surface area contributed by atoms with Crippen molar-refractivity contribution in [2.24, 2.45) is 5.10 Å². The fourth-order valence-corrected chi connectivity index (χ4v) is 4.45. The lowest BCUT2D eigenvalue weighted by Gasteiger charge is -2.11. The summed E-state index contributed by atoms with van der Waals surface area (Å²) in [5.74, 6) is 0.734. The van der Waals surface area contributed by atoms with Gasteiger partial charge in [-0.15, -0.1) is 0 Å². The van der Waals surface area contributed by atoms with Gasteiger partial charge < -0.3 is 4.74 Å². The Bertz CT molecular complexity index is 1080. The molecule has 1 N–H and O–H groups in total. The van der Waals surface area contributed by atoms with Crippen LogP contribution in [0, 0.1) is 20.8 Å². The highest BCUT2D eigenvalue weighted by molar-refractivity contribution is 7.89. The van der Waals surface area contributed by atoms with Crippen LogP contribution in [-0.4, -0.2) is 14.6 Å². The predicted molar refractivity (Wildman–Crippen MR) is 116 cm³/mol. The lowest BCUT2D eigenvalue weighted by Crippen LogP contribution is -2.20. The largest absolute Gasteiger partial charge is 0.489 e. The van der Waals surface area contributed by atoms with Gasteiger partial charge in [0.05, 0.1) is 11.1 Å².